The molecule has 2 nitrogen and oxygen atoms in total. The van der Waals surface area contributed by atoms with Gasteiger partial charge in [-0.05, 0) is 31.0 Å². The van der Waals surface area contributed by atoms with Crippen LogP contribution < -0.4 is 5.73 Å². The molecular formula is C13H16N2S2. The highest BCUT2D eigenvalue weighted by Gasteiger charge is 2.04. The van der Waals surface area contributed by atoms with Crippen LogP contribution in [0.2, 0.25) is 0 Å². The Morgan fingerprint density at radius 1 is 1.41 bits per heavy atom. The maximum atomic E-state index is 5.98. The lowest BCUT2D eigenvalue weighted by Crippen LogP contribution is -1.90. The molecule has 0 saturated carbocycles. The van der Waals surface area contributed by atoms with Crippen LogP contribution in [-0.2, 0) is 12.2 Å². The Kier molecular flexibility index (Phi) is 4.07. The second kappa shape index (κ2) is 5.56. The lowest BCUT2D eigenvalue weighted by Gasteiger charge is -2.04. The van der Waals surface area contributed by atoms with Gasteiger partial charge < -0.3 is 5.73 Å². The summed E-state index contributed by atoms with van der Waals surface area (Å²) in [7, 11) is 0. The number of hydrogen-bond donors (Lipinski definition) is 1. The third-order valence-corrected chi connectivity index (χ3v) is 4.61. The summed E-state index contributed by atoms with van der Waals surface area (Å²) in [6, 6.07) is 6.19. The van der Waals surface area contributed by atoms with Gasteiger partial charge in [-0.3, -0.25) is 0 Å². The van der Waals surface area contributed by atoms with Crippen LogP contribution in [0.5, 0.6) is 0 Å². The van der Waals surface area contributed by atoms with Crippen molar-refractivity contribution in [2.45, 2.75) is 30.9 Å². The Labute approximate surface area is 110 Å². The van der Waals surface area contributed by atoms with Gasteiger partial charge in [0.1, 0.15) is 0 Å². The Morgan fingerprint density at radius 2 is 2.24 bits per heavy atom. The van der Waals surface area contributed by atoms with E-state index in [-0.39, 0.29) is 0 Å². The van der Waals surface area contributed by atoms with Gasteiger partial charge in [0.05, 0.1) is 10.7 Å². The molecule has 0 aliphatic rings. The van der Waals surface area contributed by atoms with Crippen molar-refractivity contribution < 1.29 is 0 Å². The third-order valence-electron chi connectivity index (χ3n) is 2.44. The Morgan fingerprint density at radius 3 is 2.88 bits per heavy atom. The number of aromatic nitrogens is 1. The van der Waals surface area contributed by atoms with E-state index in [4.69, 9.17) is 5.73 Å². The van der Waals surface area contributed by atoms with E-state index in [9.17, 15) is 0 Å². The van der Waals surface area contributed by atoms with Crippen molar-refractivity contribution in [3.8, 4) is 0 Å². The van der Waals surface area contributed by atoms with Crippen molar-refractivity contribution in [1.29, 1.82) is 0 Å². The minimum absolute atomic E-state index is 0.862. The summed E-state index contributed by atoms with van der Waals surface area (Å²) in [4.78, 5) is 5.69. The minimum Gasteiger partial charge on any atom is -0.398 e. The molecule has 0 spiro atoms. The van der Waals surface area contributed by atoms with E-state index in [1.165, 1.54) is 10.6 Å². The monoisotopic (exact) mass is 264 g/mol. The lowest BCUT2D eigenvalue weighted by atomic mass is 10.2. The van der Waals surface area contributed by atoms with Crippen molar-refractivity contribution in [3.63, 3.8) is 0 Å². The first-order valence-corrected chi connectivity index (χ1v) is 7.47. The smallest absolute Gasteiger partial charge is 0.0925 e. The van der Waals surface area contributed by atoms with Gasteiger partial charge >= 0.3 is 0 Å². The molecule has 0 aliphatic heterocycles. The number of anilines is 1. The molecule has 2 rings (SSSR count). The molecule has 1 aromatic carbocycles. The molecular weight excluding hydrogens is 248 g/mol. The van der Waals surface area contributed by atoms with Gasteiger partial charge in [0, 0.05) is 21.7 Å². The standard InChI is InChI=1S/C13H16N2S2/c1-3-13-15-10(8-17-13)7-16-12-5-4-9(2)6-11(12)14/h4-6,8H,3,7,14H2,1-2H3. The molecule has 0 unspecified atom stereocenters. The van der Waals surface area contributed by atoms with Crippen molar-refractivity contribution in [3.05, 3.63) is 39.8 Å². The van der Waals surface area contributed by atoms with Gasteiger partial charge in [0.2, 0.25) is 0 Å². The van der Waals surface area contributed by atoms with E-state index in [0.29, 0.717) is 0 Å². The highest BCUT2D eigenvalue weighted by atomic mass is 32.2. The van der Waals surface area contributed by atoms with E-state index in [2.05, 4.69) is 36.3 Å². The topological polar surface area (TPSA) is 38.9 Å². The zero-order chi connectivity index (χ0) is 12.3. The first-order valence-electron chi connectivity index (χ1n) is 5.61. The van der Waals surface area contributed by atoms with E-state index in [1.807, 2.05) is 6.07 Å². The number of nitrogens with zero attached hydrogens (tertiary/aromatic N) is 1. The summed E-state index contributed by atoms with van der Waals surface area (Å²) >= 11 is 3.49. The largest absolute Gasteiger partial charge is 0.398 e. The van der Waals surface area contributed by atoms with Gasteiger partial charge in [-0.15, -0.1) is 23.1 Å². The van der Waals surface area contributed by atoms with Crippen LogP contribution in [0.25, 0.3) is 0 Å². The first kappa shape index (κ1) is 12.5. The number of nitrogen functional groups attached to an aromatic ring is 1. The molecule has 2 N–H and O–H groups in total. The summed E-state index contributed by atoms with van der Waals surface area (Å²) in [5.41, 5.74) is 9.19. The average Bonchev–Trinajstić information content (AvgIpc) is 2.76. The summed E-state index contributed by atoms with van der Waals surface area (Å²) in [6.45, 7) is 4.19. The molecule has 0 aliphatic carbocycles. The highest BCUT2D eigenvalue weighted by Crippen LogP contribution is 2.29. The van der Waals surface area contributed by atoms with Crippen molar-refractivity contribution in [2.24, 2.45) is 0 Å². The number of hydrogen-bond acceptors (Lipinski definition) is 4. The number of thiazole rings is 1. The fourth-order valence-electron chi connectivity index (χ4n) is 1.53. The first-order chi connectivity index (χ1) is 8.19. The van der Waals surface area contributed by atoms with E-state index < -0.39 is 0 Å². The molecule has 17 heavy (non-hydrogen) atoms. The summed E-state index contributed by atoms with van der Waals surface area (Å²) in [6.07, 6.45) is 1.02. The lowest BCUT2D eigenvalue weighted by molar-refractivity contribution is 1.06. The van der Waals surface area contributed by atoms with Crippen LogP contribution in [0.1, 0.15) is 23.2 Å². The molecule has 0 atom stereocenters. The molecule has 0 radical (unpaired) electrons. The number of aryl methyl sites for hydroxylation is 2. The molecule has 4 heteroatoms. The predicted octanol–water partition coefficient (Wildman–Crippen LogP) is 3.89. The summed E-state index contributed by atoms with van der Waals surface area (Å²) < 4.78 is 0. The van der Waals surface area contributed by atoms with E-state index in [0.717, 1.165) is 28.5 Å². The second-order valence-electron chi connectivity index (χ2n) is 3.92. The minimum atomic E-state index is 0.862. The second-order valence-corrected chi connectivity index (χ2v) is 5.88. The predicted molar refractivity (Wildman–Crippen MR) is 76.6 cm³/mol. The number of rotatable bonds is 4. The van der Waals surface area contributed by atoms with Crippen molar-refractivity contribution in [2.75, 3.05) is 5.73 Å². The third kappa shape index (κ3) is 3.23. The van der Waals surface area contributed by atoms with Gasteiger partial charge in [-0.2, -0.15) is 0 Å². The zero-order valence-electron chi connectivity index (χ0n) is 10.1. The average molecular weight is 264 g/mol. The maximum Gasteiger partial charge on any atom is 0.0925 e. The Bertz CT molecular complexity index is 506. The highest BCUT2D eigenvalue weighted by molar-refractivity contribution is 7.98. The van der Waals surface area contributed by atoms with Crippen LogP contribution in [0.15, 0.2) is 28.5 Å². The number of thioether (sulfide) groups is 1. The van der Waals surface area contributed by atoms with Crippen LogP contribution >= 0.6 is 23.1 Å². The van der Waals surface area contributed by atoms with Gasteiger partial charge in [-0.1, -0.05) is 13.0 Å². The SMILES string of the molecule is CCc1nc(CSc2ccc(C)cc2N)cs1. The van der Waals surface area contributed by atoms with Crippen LogP contribution in [0.3, 0.4) is 0 Å². The number of benzene rings is 1. The fourth-order valence-corrected chi connectivity index (χ4v) is 3.22. The fraction of sp³-hybridized carbons (Fsp3) is 0.308. The van der Waals surface area contributed by atoms with Crippen molar-refractivity contribution in [1.82, 2.24) is 4.98 Å². The van der Waals surface area contributed by atoms with Crippen LogP contribution in [0, 0.1) is 6.92 Å². The van der Waals surface area contributed by atoms with Gasteiger partial charge in [-0.25, -0.2) is 4.98 Å². The summed E-state index contributed by atoms with van der Waals surface area (Å²) in [5, 5.41) is 3.34. The van der Waals surface area contributed by atoms with Crippen LogP contribution in [-0.4, -0.2) is 4.98 Å². The normalized spacial score (nSPS) is 10.7. The molecule has 90 valence electrons. The maximum absolute atomic E-state index is 5.98. The molecule has 0 fully saturated rings. The molecule has 1 aromatic heterocycles. The Hall–Kier alpha value is -1.00. The molecule has 2 aromatic rings. The van der Waals surface area contributed by atoms with E-state index in [1.54, 1.807) is 23.1 Å². The number of nitrogens with two attached hydrogens (primary N) is 1. The molecule has 0 amide bonds. The molecule has 0 saturated heterocycles. The quantitative estimate of drug-likeness (QED) is 0.672. The van der Waals surface area contributed by atoms with E-state index >= 15 is 0 Å². The molecule has 0 bridgehead atoms. The molecule has 1 heterocycles. The van der Waals surface area contributed by atoms with Crippen molar-refractivity contribution >= 4 is 28.8 Å². The van der Waals surface area contributed by atoms with Gasteiger partial charge in [0.15, 0.2) is 0 Å². The van der Waals surface area contributed by atoms with Gasteiger partial charge in [0.25, 0.3) is 0 Å². The Balaban J connectivity index is 2.02. The van der Waals surface area contributed by atoms with Crippen LogP contribution in [0.4, 0.5) is 5.69 Å². The zero-order valence-corrected chi connectivity index (χ0v) is 11.7. The summed E-state index contributed by atoms with van der Waals surface area (Å²) in [5.74, 6) is 0.893.